The van der Waals surface area contributed by atoms with Gasteiger partial charge in [-0.05, 0) is 18.6 Å². The third-order valence-corrected chi connectivity index (χ3v) is 2.90. The van der Waals surface area contributed by atoms with Crippen LogP contribution in [-0.2, 0) is 11.3 Å². The Labute approximate surface area is 104 Å². The van der Waals surface area contributed by atoms with Crippen molar-refractivity contribution in [2.75, 3.05) is 6.54 Å². The van der Waals surface area contributed by atoms with Crippen LogP contribution in [0.25, 0.3) is 11.4 Å². The van der Waals surface area contributed by atoms with Crippen LogP contribution in [0.15, 0.2) is 29.0 Å². The Morgan fingerprint density at radius 3 is 2.89 bits per heavy atom. The van der Waals surface area contributed by atoms with Crippen molar-refractivity contribution in [2.24, 2.45) is 0 Å². The van der Waals surface area contributed by atoms with E-state index < -0.39 is 0 Å². The molecular weight excluding hydrogens is 232 g/mol. The highest BCUT2D eigenvalue weighted by atomic mass is 16.5. The molecule has 0 saturated carbocycles. The quantitative estimate of drug-likeness (QED) is 0.812. The van der Waals surface area contributed by atoms with Gasteiger partial charge in [0.05, 0.1) is 6.54 Å². The lowest BCUT2D eigenvalue weighted by molar-refractivity contribution is -0.128. The fourth-order valence-corrected chi connectivity index (χ4v) is 1.97. The van der Waals surface area contributed by atoms with Gasteiger partial charge in [0.2, 0.25) is 17.6 Å². The van der Waals surface area contributed by atoms with Crippen LogP contribution in [0.5, 0.6) is 0 Å². The monoisotopic (exact) mass is 244 g/mol. The molecule has 2 aromatic rings. The number of amides is 1. The molecule has 1 aliphatic heterocycles. The van der Waals surface area contributed by atoms with Gasteiger partial charge >= 0.3 is 0 Å². The molecule has 3 heterocycles. The first-order valence-corrected chi connectivity index (χ1v) is 5.84. The van der Waals surface area contributed by atoms with Crippen LogP contribution >= 0.6 is 0 Å². The zero-order valence-corrected chi connectivity index (χ0v) is 9.74. The topological polar surface area (TPSA) is 72.1 Å². The number of pyridine rings is 1. The van der Waals surface area contributed by atoms with Crippen molar-refractivity contribution in [3.05, 3.63) is 30.4 Å². The lowest BCUT2D eigenvalue weighted by Crippen LogP contribution is -2.23. The van der Waals surface area contributed by atoms with E-state index in [1.54, 1.807) is 17.3 Å². The standard InChI is InChI=1S/C12H12N4O2/c17-11-2-1-7-16(11)8-10-14-12(15-18-10)9-3-5-13-6-4-9/h3-6H,1-2,7-8H2. The summed E-state index contributed by atoms with van der Waals surface area (Å²) < 4.78 is 5.15. The summed E-state index contributed by atoms with van der Waals surface area (Å²) in [6.07, 6.45) is 4.88. The van der Waals surface area contributed by atoms with Crippen molar-refractivity contribution in [2.45, 2.75) is 19.4 Å². The van der Waals surface area contributed by atoms with Gasteiger partial charge in [0.25, 0.3) is 0 Å². The van der Waals surface area contributed by atoms with E-state index in [1.165, 1.54) is 0 Å². The Morgan fingerprint density at radius 1 is 1.33 bits per heavy atom. The average Bonchev–Trinajstić information content (AvgIpc) is 3.02. The highest BCUT2D eigenvalue weighted by Crippen LogP contribution is 2.17. The van der Waals surface area contributed by atoms with Gasteiger partial charge in [0.1, 0.15) is 0 Å². The Hall–Kier alpha value is -2.24. The molecule has 18 heavy (non-hydrogen) atoms. The van der Waals surface area contributed by atoms with E-state index in [0.29, 0.717) is 24.7 Å². The minimum Gasteiger partial charge on any atom is -0.337 e. The normalized spacial score (nSPS) is 15.3. The molecule has 1 fully saturated rings. The molecule has 0 atom stereocenters. The lowest BCUT2D eigenvalue weighted by Gasteiger charge is -2.11. The molecule has 0 aromatic carbocycles. The predicted molar refractivity (Wildman–Crippen MR) is 62.2 cm³/mol. The number of nitrogens with zero attached hydrogens (tertiary/aromatic N) is 4. The van der Waals surface area contributed by atoms with E-state index in [1.807, 2.05) is 12.1 Å². The van der Waals surface area contributed by atoms with Gasteiger partial charge in [-0.1, -0.05) is 5.16 Å². The van der Waals surface area contributed by atoms with Gasteiger partial charge in [-0.3, -0.25) is 9.78 Å². The maximum Gasteiger partial charge on any atom is 0.246 e. The fraction of sp³-hybridized carbons (Fsp3) is 0.333. The highest BCUT2D eigenvalue weighted by molar-refractivity contribution is 5.77. The maximum atomic E-state index is 11.5. The van der Waals surface area contributed by atoms with Crippen molar-refractivity contribution < 1.29 is 9.32 Å². The third-order valence-electron chi connectivity index (χ3n) is 2.90. The molecule has 3 rings (SSSR count). The van der Waals surface area contributed by atoms with Gasteiger partial charge in [0, 0.05) is 30.9 Å². The Bertz CT molecular complexity index is 552. The predicted octanol–water partition coefficient (Wildman–Crippen LogP) is 1.25. The van der Waals surface area contributed by atoms with E-state index >= 15 is 0 Å². The SMILES string of the molecule is O=C1CCCN1Cc1nc(-c2ccncc2)no1. The number of carbonyl (C=O) groups is 1. The second kappa shape index (κ2) is 4.56. The summed E-state index contributed by atoms with van der Waals surface area (Å²) in [4.78, 5) is 21.4. The summed E-state index contributed by atoms with van der Waals surface area (Å²) in [6.45, 7) is 1.17. The van der Waals surface area contributed by atoms with Gasteiger partial charge in [-0.25, -0.2) is 0 Å². The van der Waals surface area contributed by atoms with Gasteiger partial charge in [-0.15, -0.1) is 0 Å². The van der Waals surface area contributed by atoms with Crippen LogP contribution in [0.4, 0.5) is 0 Å². The van der Waals surface area contributed by atoms with Crippen molar-refractivity contribution in [1.82, 2.24) is 20.0 Å². The number of likely N-dealkylation sites (tertiary alicyclic amines) is 1. The Balaban J connectivity index is 1.76. The first kappa shape index (κ1) is 10.9. The molecule has 2 aromatic heterocycles. The molecule has 1 amide bonds. The minimum absolute atomic E-state index is 0.152. The number of rotatable bonds is 3. The highest BCUT2D eigenvalue weighted by Gasteiger charge is 2.22. The number of aromatic nitrogens is 3. The van der Waals surface area contributed by atoms with E-state index in [0.717, 1.165) is 18.5 Å². The largest absolute Gasteiger partial charge is 0.337 e. The van der Waals surface area contributed by atoms with Gasteiger partial charge in [0.15, 0.2) is 0 Å². The lowest BCUT2D eigenvalue weighted by atomic mass is 10.2. The summed E-state index contributed by atoms with van der Waals surface area (Å²) in [5, 5.41) is 3.90. The van der Waals surface area contributed by atoms with E-state index in [2.05, 4.69) is 15.1 Å². The van der Waals surface area contributed by atoms with Crippen LogP contribution < -0.4 is 0 Å². The van der Waals surface area contributed by atoms with Crippen LogP contribution in [0.2, 0.25) is 0 Å². The Morgan fingerprint density at radius 2 is 2.17 bits per heavy atom. The van der Waals surface area contributed by atoms with E-state index in [-0.39, 0.29) is 5.91 Å². The maximum absolute atomic E-state index is 11.5. The number of carbonyl (C=O) groups excluding carboxylic acids is 1. The van der Waals surface area contributed by atoms with Crippen molar-refractivity contribution in [3.63, 3.8) is 0 Å². The first-order valence-electron chi connectivity index (χ1n) is 5.84. The molecule has 0 radical (unpaired) electrons. The molecule has 0 aliphatic carbocycles. The summed E-state index contributed by atoms with van der Waals surface area (Å²) in [6, 6.07) is 3.63. The molecular formula is C12H12N4O2. The second-order valence-corrected chi connectivity index (χ2v) is 4.17. The summed E-state index contributed by atoms with van der Waals surface area (Å²) >= 11 is 0. The van der Waals surface area contributed by atoms with Crippen LogP contribution in [0.1, 0.15) is 18.7 Å². The first-order chi connectivity index (χ1) is 8.83. The van der Waals surface area contributed by atoms with Crippen LogP contribution in [-0.4, -0.2) is 32.5 Å². The fourth-order valence-electron chi connectivity index (χ4n) is 1.97. The molecule has 6 heteroatoms. The second-order valence-electron chi connectivity index (χ2n) is 4.17. The zero-order chi connectivity index (χ0) is 12.4. The molecule has 0 unspecified atom stereocenters. The van der Waals surface area contributed by atoms with E-state index in [9.17, 15) is 4.79 Å². The molecule has 92 valence electrons. The Kier molecular flexibility index (Phi) is 2.76. The number of hydrogen-bond acceptors (Lipinski definition) is 5. The number of hydrogen-bond donors (Lipinski definition) is 0. The molecule has 0 bridgehead atoms. The van der Waals surface area contributed by atoms with Crippen molar-refractivity contribution >= 4 is 5.91 Å². The van der Waals surface area contributed by atoms with Gasteiger partial charge < -0.3 is 9.42 Å². The molecule has 1 saturated heterocycles. The smallest absolute Gasteiger partial charge is 0.246 e. The van der Waals surface area contributed by atoms with E-state index in [4.69, 9.17) is 4.52 Å². The summed E-state index contributed by atoms with van der Waals surface area (Å²) in [5.41, 5.74) is 0.854. The molecule has 0 N–H and O–H groups in total. The zero-order valence-electron chi connectivity index (χ0n) is 9.74. The molecule has 6 nitrogen and oxygen atoms in total. The van der Waals surface area contributed by atoms with Crippen LogP contribution in [0, 0.1) is 0 Å². The molecule has 1 aliphatic rings. The minimum atomic E-state index is 0.152. The summed E-state index contributed by atoms with van der Waals surface area (Å²) in [7, 11) is 0. The third kappa shape index (κ3) is 2.09. The molecule has 0 spiro atoms. The van der Waals surface area contributed by atoms with Gasteiger partial charge in [-0.2, -0.15) is 4.98 Å². The average molecular weight is 244 g/mol. The summed E-state index contributed by atoms with van der Waals surface area (Å²) in [5.74, 6) is 1.15. The van der Waals surface area contributed by atoms with Crippen LogP contribution in [0.3, 0.4) is 0 Å². The van der Waals surface area contributed by atoms with Crippen molar-refractivity contribution in [3.8, 4) is 11.4 Å². The van der Waals surface area contributed by atoms with Crippen molar-refractivity contribution in [1.29, 1.82) is 0 Å².